The van der Waals surface area contributed by atoms with Gasteiger partial charge in [0, 0.05) is 6.54 Å². The Hall–Kier alpha value is -1.65. The fraction of sp³-hybridized carbons (Fsp3) is 0.333. The Balaban J connectivity index is 2.22. The number of rotatable bonds is 6. The Morgan fingerprint density at radius 3 is 2.05 bits per heavy atom. The van der Waals surface area contributed by atoms with Gasteiger partial charge in [-0.05, 0) is 35.6 Å². The molecule has 0 aromatic heterocycles. The molecule has 0 heterocycles. The van der Waals surface area contributed by atoms with Crippen molar-refractivity contribution in [2.75, 3.05) is 6.54 Å². The Kier molecular flexibility index (Phi) is 5.37. The fourth-order valence-corrected chi connectivity index (χ4v) is 4.01. The molecule has 0 saturated heterocycles. The van der Waals surface area contributed by atoms with Crippen molar-refractivity contribution < 1.29 is 8.42 Å². The number of hydrogen-bond acceptors (Lipinski definition) is 3. The van der Waals surface area contributed by atoms with Crippen molar-refractivity contribution in [2.45, 2.75) is 36.3 Å². The van der Waals surface area contributed by atoms with Gasteiger partial charge in [0.2, 0.25) is 0 Å². The van der Waals surface area contributed by atoms with Crippen molar-refractivity contribution in [1.29, 1.82) is 0 Å². The van der Waals surface area contributed by atoms with Crippen LogP contribution in [0.4, 0.5) is 0 Å². The average molecular weight is 317 g/mol. The van der Waals surface area contributed by atoms with Crippen LogP contribution in [0.3, 0.4) is 0 Å². The van der Waals surface area contributed by atoms with Crippen LogP contribution in [0.15, 0.2) is 59.5 Å². The van der Waals surface area contributed by atoms with E-state index in [1.807, 2.05) is 12.1 Å². The standard InChI is InChI=1S/C18H23NO2S/c1-14(2)16-10-8-15(9-11-16)12-18(13-19)22(20,21)17-6-4-3-5-7-17/h3-11,14,18H,12-13,19H2,1-2H3. The van der Waals surface area contributed by atoms with Crippen molar-refractivity contribution in [1.82, 2.24) is 0 Å². The zero-order chi connectivity index (χ0) is 16.2. The topological polar surface area (TPSA) is 60.2 Å². The molecule has 0 fully saturated rings. The molecule has 3 nitrogen and oxygen atoms in total. The molecule has 0 amide bonds. The van der Waals surface area contributed by atoms with Crippen LogP contribution in [0.25, 0.3) is 0 Å². The van der Waals surface area contributed by atoms with E-state index < -0.39 is 15.1 Å². The zero-order valence-corrected chi connectivity index (χ0v) is 13.9. The molecule has 2 aromatic carbocycles. The molecule has 118 valence electrons. The molecule has 2 rings (SSSR count). The van der Waals surface area contributed by atoms with E-state index in [2.05, 4.69) is 26.0 Å². The third-order valence-corrected chi connectivity index (χ3v) is 6.05. The van der Waals surface area contributed by atoms with Gasteiger partial charge in [-0.1, -0.05) is 56.3 Å². The van der Waals surface area contributed by atoms with Gasteiger partial charge in [-0.2, -0.15) is 0 Å². The van der Waals surface area contributed by atoms with E-state index in [9.17, 15) is 8.42 Å². The molecule has 0 aliphatic carbocycles. The molecule has 0 aliphatic rings. The largest absolute Gasteiger partial charge is 0.329 e. The van der Waals surface area contributed by atoms with Crippen molar-refractivity contribution >= 4 is 9.84 Å². The molecule has 0 bridgehead atoms. The zero-order valence-electron chi connectivity index (χ0n) is 13.1. The Labute approximate surface area is 133 Å². The quantitative estimate of drug-likeness (QED) is 0.890. The summed E-state index contributed by atoms with van der Waals surface area (Å²) in [5.74, 6) is 0.465. The Morgan fingerprint density at radius 2 is 1.55 bits per heavy atom. The van der Waals surface area contributed by atoms with Gasteiger partial charge >= 0.3 is 0 Å². The molecular formula is C18H23NO2S. The van der Waals surface area contributed by atoms with Gasteiger partial charge in [0.25, 0.3) is 0 Å². The van der Waals surface area contributed by atoms with Gasteiger partial charge < -0.3 is 5.73 Å². The molecule has 1 unspecified atom stereocenters. The van der Waals surface area contributed by atoms with Gasteiger partial charge in [0.05, 0.1) is 10.1 Å². The Bertz CT molecular complexity index is 692. The number of sulfone groups is 1. The molecule has 0 saturated carbocycles. The summed E-state index contributed by atoms with van der Waals surface area (Å²) < 4.78 is 25.3. The second kappa shape index (κ2) is 7.07. The second-order valence-corrected chi connectivity index (χ2v) is 8.04. The van der Waals surface area contributed by atoms with Crippen LogP contribution < -0.4 is 5.73 Å². The number of nitrogens with two attached hydrogens (primary N) is 1. The summed E-state index contributed by atoms with van der Waals surface area (Å²) >= 11 is 0. The molecule has 0 radical (unpaired) electrons. The molecule has 0 spiro atoms. The summed E-state index contributed by atoms with van der Waals surface area (Å²) in [6.45, 7) is 4.39. The van der Waals surface area contributed by atoms with Crippen LogP contribution in [0, 0.1) is 0 Å². The predicted octanol–water partition coefficient (Wildman–Crippen LogP) is 3.15. The van der Waals surface area contributed by atoms with Crippen LogP contribution in [-0.2, 0) is 16.3 Å². The minimum absolute atomic E-state index is 0.114. The molecule has 2 N–H and O–H groups in total. The highest BCUT2D eigenvalue weighted by atomic mass is 32.2. The SMILES string of the molecule is CC(C)c1ccc(CC(CN)S(=O)(=O)c2ccccc2)cc1. The molecule has 22 heavy (non-hydrogen) atoms. The summed E-state index contributed by atoms with van der Waals surface area (Å²) in [6.07, 6.45) is 0.437. The predicted molar refractivity (Wildman–Crippen MR) is 90.7 cm³/mol. The Morgan fingerprint density at radius 1 is 0.955 bits per heavy atom. The van der Waals surface area contributed by atoms with E-state index in [4.69, 9.17) is 5.73 Å². The van der Waals surface area contributed by atoms with Crippen molar-refractivity contribution in [2.24, 2.45) is 5.73 Å². The lowest BCUT2D eigenvalue weighted by molar-refractivity contribution is 0.578. The third kappa shape index (κ3) is 3.76. The lowest BCUT2D eigenvalue weighted by atomic mass is 10.0. The second-order valence-electron chi connectivity index (χ2n) is 5.82. The van der Waals surface area contributed by atoms with Crippen molar-refractivity contribution in [3.05, 3.63) is 65.7 Å². The van der Waals surface area contributed by atoms with Crippen LogP contribution in [0.5, 0.6) is 0 Å². The summed E-state index contributed by atoms with van der Waals surface area (Å²) in [5, 5.41) is -0.597. The van der Waals surface area contributed by atoms with Crippen LogP contribution in [0.2, 0.25) is 0 Å². The minimum atomic E-state index is -3.40. The van der Waals surface area contributed by atoms with Gasteiger partial charge in [0.1, 0.15) is 0 Å². The van der Waals surface area contributed by atoms with Gasteiger partial charge in [0.15, 0.2) is 9.84 Å². The summed E-state index contributed by atoms with van der Waals surface area (Å²) in [7, 11) is -3.40. The maximum Gasteiger partial charge on any atom is 0.182 e. The van der Waals surface area contributed by atoms with E-state index in [0.717, 1.165) is 5.56 Å². The highest BCUT2D eigenvalue weighted by molar-refractivity contribution is 7.92. The summed E-state index contributed by atoms with van der Waals surface area (Å²) in [4.78, 5) is 0.337. The minimum Gasteiger partial charge on any atom is -0.329 e. The average Bonchev–Trinajstić information content (AvgIpc) is 2.53. The molecule has 4 heteroatoms. The van der Waals surface area contributed by atoms with Gasteiger partial charge in [-0.25, -0.2) is 8.42 Å². The number of benzene rings is 2. The third-order valence-electron chi connectivity index (χ3n) is 3.88. The smallest absolute Gasteiger partial charge is 0.182 e. The summed E-state index contributed by atoms with van der Waals surface area (Å²) in [6, 6.07) is 16.6. The van der Waals surface area contributed by atoms with Crippen LogP contribution >= 0.6 is 0 Å². The van der Waals surface area contributed by atoms with E-state index in [0.29, 0.717) is 17.2 Å². The molecule has 2 aromatic rings. The highest BCUT2D eigenvalue weighted by Gasteiger charge is 2.26. The van der Waals surface area contributed by atoms with E-state index in [1.165, 1.54) is 5.56 Å². The molecule has 1 atom stereocenters. The van der Waals surface area contributed by atoms with Gasteiger partial charge in [-0.3, -0.25) is 0 Å². The van der Waals surface area contributed by atoms with Crippen LogP contribution in [0.1, 0.15) is 30.9 Å². The maximum atomic E-state index is 12.7. The lowest BCUT2D eigenvalue weighted by Gasteiger charge is -2.16. The lowest BCUT2D eigenvalue weighted by Crippen LogP contribution is -2.32. The normalized spacial score (nSPS) is 13.3. The van der Waals surface area contributed by atoms with Crippen molar-refractivity contribution in [3.8, 4) is 0 Å². The first-order chi connectivity index (χ1) is 10.4. The van der Waals surface area contributed by atoms with E-state index in [-0.39, 0.29) is 6.54 Å². The highest BCUT2D eigenvalue weighted by Crippen LogP contribution is 2.20. The first-order valence-corrected chi connectivity index (χ1v) is 9.07. The fourth-order valence-electron chi connectivity index (χ4n) is 2.42. The van der Waals surface area contributed by atoms with Crippen molar-refractivity contribution in [3.63, 3.8) is 0 Å². The summed E-state index contributed by atoms with van der Waals surface area (Å²) in [5.41, 5.74) is 7.99. The van der Waals surface area contributed by atoms with Crippen LogP contribution in [-0.4, -0.2) is 20.2 Å². The molecular weight excluding hydrogens is 294 g/mol. The van der Waals surface area contributed by atoms with E-state index >= 15 is 0 Å². The van der Waals surface area contributed by atoms with Gasteiger partial charge in [-0.15, -0.1) is 0 Å². The number of hydrogen-bond donors (Lipinski definition) is 1. The van der Waals surface area contributed by atoms with E-state index in [1.54, 1.807) is 30.3 Å². The maximum absolute atomic E-state index is 12.7. The molecule has 0 aliphatic heterocycles. The first-order valence-electron chi connectivity index (χ1n) is 7.53. The first kappa shape index (κ1) is 16.7. The monoisotopic (exact) mass is 317 g/mol.